The molecule has 0 aromatic heterocycles. The number of carbonyl (C=O) groups is 2. The van der Waals surface area contributed by atoms with E-state index in [1.54, 1.807) is 12.1 Å². The number of hydrogen-bond donors (Lipinski definition) is 0. The van der Waals surface area contributed by atoms with Gasteiger partial charge in [-0.15, -0.1) is 0 Å². The summed E-state index contributed by atoms with van der Waals surface area (Å²) in [6, 6.07) is 12.5. The SMILES string of the molecule is COC(=O)[C@H]1Cc2ccccc2N1C(=O)c1ccc(SC(F)F)cc1. The highest BCUT2D eigenvalue weighted by molar-refractivity contribution is 7.99. The van der Waals surface area contributed by atoms with Gasteiger partial charge in [0.1, 0.15) is 6.04 Å². The van der Waals surface area contributed by atoms with Gasteiger partial charge in [-0.1, -0.05) is 30.0 Å². The maximum atomic E-state index is 12.9. The van der Waals surface area contributed by atoms with Crippen LogP contribution < -0.4 is 4.90 Å². The summed E-state index contributed by atoms with van der Waals surface area (Å²) in [4.78, 5) is 26.8. The first-order valence-electron chi connectivity index (χ1n) is 7.55. The third kappa shape index (κ3) is 3.51. The molecule has 4 nitrogen and oxygen atoms in total. The predicted molar refractivity (Wildman–Crippen MR) is 91.1 cm³/mol. The molecule has 1 atom stereocenters. The third-order valence-electron chi connectivity index (χ3n) is 3.99. The molecule has 7 heteroatoms. The molecule has 1 aliphatic heterocycles. The van der Waals surface area contributed by atoms with Crippen molar-refractivity contribution in [3.05, 3.63) is 59.7 Å². The summed E-state index contributed by atoms with van der Waals surface area (Å²) in [5, 5.41) is 0. The van der Waals surface area contributed by atoms with Gasteiger partial charge in [-0.05, 0) is 35.9 Å². The molecule has 2 aromatic rings. The van der Waals surface area contributed by atoms with E-state index in [0.29, 0.717) is 34.3 Å². The number of anilines is 1. The Bertz CT molecular complexity index is 795. The van der Waals surface area contributed by atoms with Crippen LogP contribution >= 0.6 is 11.8 Å². The van der Waals surface area contributed by atoms with Gasteiger partial charge >= 0.3 is 5.97 Å². The monoisotopic (exact) mass is 363 g/mol. The molecular weight excluding hydrogens is 348 g/mol. The Kier molecular flexibility index (Phi) is 5.03. The summed E-state index contributed by atoms with van der Waals surface area (Å²) in [6.45, 7) is 0. The minimum atomic E-state index is -2.52. The number of para-hydroxylation sites is 1. The van der Waals surface area contributed by atoms with Gasteiger partial charge in [0.25, 0.3) is 11.7 Å². The number of benzene rings is 2. The lowest BCUT2D eigenvalue weighted by Crippen LogP contribution is -2.43. The highest BCUT2D eigenvalue weighted by atomic mass is 32.2. The Morgan fingerprint density at radius 2 is 1.84 bits per heavy atom. The van der Waals surface area contributed by atoms with Crippen molar-refractivity contribution in [2.24, 2.45) is 0 Å². The van der Waals surface area contributed by atoms with E-state index in [-0.39, 0.29) is 5.91 Å². The van der Waals surface area contributed by atoms with Gasteiger partial charge in [0.05, 0.1) is 7.11 Å². The van der Waals surface area contributed by atoms with E-state index in [4.69, 9.17) is 4.74 Å². The first-order chi connectivity index (χ1) is 12.0. The third-order valence-corrected chi connectivity index (χ3v) is 4.72. The average molecular weight is 363 g/mol. The van der Waals surface area contributed by atoms with Crippen LogP contribution in [0.15, 0.2) is 53.4 Å². The first kappa shape index (κ1) is 17.4. The lowest BCUT2D eigenvalue weighted by Gasteiger charge is -2.23. The van der Waals surface area contributed by atoms with E-state index >= 15 is 0 Å². The smallest absolute Gasteiger partial charge is 0.329 e. The van der Waals surface area contributed by atoms with E-state index < -0.39 is 17.8 Å². The van der Waals surface area contributed by atoms with Gasteiger partial charge in [-0.3, -0.25) is 9.69 Å². The summed E-state index contributed by atoms with van der Waals surface area (Å²) in [5.41, 5.74) is 1.87. The largest absolute Gasteiger partial charge is 0.467 e. The molecule has 0 saturated heterocycles. The van der Waals surface area contributed by atoms with Crippen LogP contribution in [0.25, 0.3) is 0 Å². The summed E-state index contributed by atoms with van der Waals surface area (Å²) in [5.74, 6) is -3.38. The van der Waals surface area contributed by atoms with E-state index in [1.807, 2.05) is 12.1 Å². The number of esters is 1. The molecule has 0 saturated carbocycles. The Balaban J connectivity index is 1.91. The molecule has 0 fully saturated rings. The van der Waals surface area contributed by atoms with Crippen LogP contribution in [-0.4, -0.2) is 30.8 Å². The van der Waals surface area contributed by atoms with Crippen LogP contribution in [0.5, 0.6) is 0 Å². The molecule has 1 heterocycles. The molecule has 0 spiro atoms. The standard InChI is InChI=1S/C18H15F2NO3S/c1-24-17(23)15-10-12-4-2-3-5-14(12)21(15)16(22)11-6-8-13(9-7-11)25-18(19)20/h2-9,15,18H,10H2,1H3/t15-/m1/s1. The van der Waals surface area contributed by atoms with Crippen LogP contribution in [-0.2, 0) is 16.0 Å². The fourth-order valence-corrected chi connectivity index (χ4v) is 3.38. The summed E-state index contributed by atoms with van der Waals surface area (Å²) in [6.07, 6.45) is 0.383. The van der Waals surface area contributed by atoms with Crippen LogP contribution in [0.2, 0.25) is 0 Å². The molecule has 0 N–H and O–H groups in total. The van der Waals surface area contributed by atoms with Gasteiger partial charge in [-0.2, -0.15) is 8.78 Å². The van der Waals surface area contributed by atoms with Crippen LogP contribution in [0.1, 0.15) is 15.9 Å². The Labute approximate surface area is 147 Å². The normalized spacial score (nSPS) is 16.0. The van der Waals surface area contributed by atoms with Gasteiger partial charge < -0.3 is 4.74 Å². The fourth-order valence-electron chi connectivity index (χ4n) is 2.88. The molecule has 3 rings (SSSR count). The number of halogens is 2. The second kappa shape index (κ2) is 7.23. The Morgan fingerprint density at radius 3 is 2.48 bits per heavy atom. The van der Waals surface area contributed by atoms with Gasteiger partial charge in [0.2, 0.25) is 0 Å². The topological polar surface area (TPSA) is 46.6 Å². The number of thioether (sulfide) groups is 1. The van der Waals surface area contributed by atoms with Crippen molar-refractivity contribution in [3.8, 4) is 0 Å². The summed E-state index contributed by atoms with van der Waals surface area (Å²) >= 11 is 0.416. The molecule has 0 bridgehead atoms. The van der Waals surface area contributed by atoms with E-state index in [0.717, 1.165) is 5.56 Å². The number of hydrogen-bond acceptors (Lipinski definition) is 4. The molecule has 2 aromatic carbocycles. The number of rotatable bonds is 4. The molecule has 1 amide bonds. The molecule has 1 aliphatic rings. The van der Waals surface area contributed by atoms with Crippen LogP contribution in [0.4, 0.5) is 14.5 Å². The van der Waals surface area contributed by atoms with Crippen molar-refractivity contribution in [2.75, 3.05) is 12.0 Å². The zero-order chi connectivity index (χ0) is 18.0. The van der Waals surface area contributed by atoms with E-state index in [2.05, 4.69) is 0 Å². The highest BCUT2D eigenvalue weighted by Crippen LogP contribution is 2.34. The summed E-state index contributed by atoms with van der Waals surface area (Å²) in [7, 11) is 1.28. The molecule has 0 unspecified atom stereocenters. The number of carbonyl (C=O) groups excluding carboxylic acids is 2. The first-order valence-corrected chi connectivity index (χ1v) is 8.43. The number of alkyl halides is 2. The second-order valence-electron chi connectivity index (χ2n) is 5.45. The number of ether oxygens (including phenoxy) is 1. The molecule has 0 radical (unpaired) electrons. The quantitative estimate of drug-likeness (QED) is 0.613. The van der Waals surface area contributed by atoms with Crippen molar-refractivity contribution in [2.45, 2.75) is 23.1 Å². The molecular formula is C18H15F2NO3S. The highest BCUT2D eigenvalue weighted by Gasteiger charge is 2.39. The van der Waals surface area contributed by atoms with Crippen molar-refractivity contribution in [1.82, 2.24) is 0 Å². The van der Waals surface area contributed by atoms with Gasteiger partial charge in [-0.25, -0.2) is 4.79 Å². The number of amides is 1. The molecule has 0 aliphatic carbocycles. The van der Waals surface area contributed by atoms with E-state index in [1.165, 1.54) is 36.3 Å². The van der Waals surface area contributed by atoms with Crippen molar-refractivity contribution < 1.29 is 23.1 Å². The van der Waals surface area contributed by atoms with E-state index in [9.17, 15) is 18.4 Å². The lowest BCUT2D eigenvalue weighted by molar-refractivity contribution is -0.141. The minimum Gasteiger partial charge on any atom is -0.467 e. The summed E-state index contributed by atoms with van der Waals surface area (Å²) < 4.78 is 29.6. The zero-order valence-electron chi connectivity index (χ0n) is 13.3. The fraction of sp³-hybridized carbons (Fsp3) is 0.222. The number of nitrogens with zero attached hydrogens (tertiary/aromatic N) is 1. The van der Waals surface area contributed by atoms with Crippen molar-refractivity contribution in [3.63, 3.8) is 0 Å². The number of fused-ring (bicyclic) bond motifs is 1. The lowest BCUT2D eigenvalue weighted by atomic mass is 10.1. The minimum absolute atomic E-state index is 0.323. The van der Waals surface area contributed by atoms with Crippen molar-refractivity contribution >= 4 is 29.3 Å². The molecule has 25 heavy (non-hydrogen) atoms. The van der Waals surface area contributed by atoms with Gasteiger partial charge in [0, 0.05) is 22.6 Å². The van der Waals surface area contributed by atoms with Crippen molar-refractivity contribution in [1.29, 1.82) is 0 Å². The second-order valence-corrected chi connectivity index (χ2v) is 6.51. The van der Waals surface area contributed by atoms with Crippen LogP contribution in [0.3, 0.4) is 0 Å². The maximum Gasteiger partial charge on any atom is 0.329 e. The zero-order valence-corrected chi connectivity index (χ0v) is 14.1. The number of methoxy groups -OCH3 is 1. The molecule has 130 valence electrons. The van der Waals surface area contributed by atoms with Crippen LogP contribution in [0, 0.1) is 0 Å². The Hall–Kier alpha value is -2.41. The van der Waals surface area contributed by atoms with Gasteiger partial charge in [0.15, 0.2) is 0 Å². The Morgan fingerprint density at radius 1 is 1.16 bits per heavy atom. The average Bonchev–Trinajstić information content (AvgIpc) is 3.00. The predicted octanol–water partition coefficient (Wildman–Crippen LogP) is 3.75. The maximum absolute atomic E-state index is 12.9.